The van der Waals surface area contributed by atoms with Crippen molar-refractivity contribution in [2.75, 3.05) is 31.5 Å². The third-order valence-electron chi connectivity index (χ3n) is 5.14. The van der Waals surface area contributed by atoms with E-state index < -0.39 is 6.10 Å². The normalized spacial score (nSPS) is 19.5. The van der Waals surface area contributed by atoms with E-state index >= 15 is 0 Å². The van der Waals surface area contributed by atoms with E-state index in [1.807, 2.05) is 36.4 Å². The molecule has 0 radical (unpaired) electrons. The molecular weight excluding hydrogens is 378 g/mol. The van der Waals surface area contributed by atoms with Crippen LogP contribution in [0, 0.1) is 0 Å². The maximum absolute atomic E-state index is 12.7. The highest BCUT2D eigenvalue weighted by molar-refractivity contribution is 6.31. The lowest BCUT2D eigenvalue weighted by Crippen LogP contribution is -2.50. The Kier molecular flexibility index (Phi) is 5.50. The molecule has 1 unspecified atom stereocenters. The molecule has 2 aliphatic heterocycles. The minimum Gasteiger partial charge on any atom is -0.478 e. The monoisotopic (exact) mass is 399 g/mol. The molecule has 0 bridgehead atoms. The largest absolute Gasteiger partial charge is 0.478 e. The van der Waals surface area contributed by atoms with Gasteiger partial charge in [0.15, 0.2) is 6.10 Å². The Morgan fingerprint density at radius 2 is 1.79 bits per heavy atom. The molecule has 0 aliphatic carbocycles. The van der Waals surface area contributed by atoms with Gasteiger partial charge in [-0.1, -0.05) is 41.9 Å². The molecule has 2 amide bonds. The fourth-order valence-electron chi connectivity index (χ4n) is 3.54. The van der Waals surface area contributed by atoms with Crippen molar-refractivity contribution in [3.8, 4) is 5.75 Å². The zero-order valence-corrected chi connectivity index (χ0v) is 16.2. The van der Waals surface area contributed by atoms with Crippen LogP contribution in [0.15, 0.2) is 48.5 Å². The zero-order valence-electron chi connectivity index (χ0n) is 15.4. The van der Waals surface area contributed by atoms with Crippen LogP contribution in [0.2, 0.25) is 5.02 Å². The first-order chi connectivity index (χ1) is 13.6. The lowest BCUT2D eigenvalue weighted by atomic mass is 10.1. The smallest absolute Gasteiger partial charge is 0.266 e. The number of ether oxygens (including phenoxy) is 1. The van der Waals surface area contributed by atoms with Crippen molar-refractivity contribution in [3.05, 3.63) is 59.1 Å². The predicted molar refractivity (Wildman–Crippen MR) is 107 cm³/mol. The summed E-state index contributed by atoms with van der Waals surface area (Å²) in [5, 5.41) is 3.57. The Bertz CT molecular complexity index is 881. The molecule has 1 atom stereocenters. The Morgan fingerprint density at radius 3 is 2.57 bits per heavy atom. The molecule has 6 nitrogen and oxygen atoms in total. The second kappa shape index (κ2) is 8.20. The topological polar surface area (TPSA) is 61.9 Å². The second-order valence-corrected chi connectivity index (χ2v) is 7.45. The maximum Gasteiger partial charge on any atom is 0.266 e. The van der Waals surface area contributed by atoms with Crippen LogP contribution in [0.1, 0.15) is 12.0 Å². The van der Waals surface area contributed by atoms with Crippen LogP contribution < -0.4 is 10.1 Å². The number of fused-ring (bicyclic) bond motifs is 1. The van der Waals surface area contributed by atoms with Gasteiger partial charge in [0.2, 0.25) is 5.91 Å². The number of rotatable bonds is 4. The van der Waals surface area contributed by atoms with Crippen LogP contribution in [0.5, 0.6) is 5.75 Å². The molecule has 0 saturated carbocycles. The standard InChI is InChI=1S/C21H22ClN3O3/c22-16-6-2-1-5-15(16)14-24-9-11-25(12-10-24)20(26)13-19-21(27)23-17-7-3-4-8-18(17)28-19/h1-8,19H,9-14H2,(H,23,27). The quantitative estimate of drug-likeness (QED) is 0.858. The van der Waals surface area contributed by atoms with Crippen molar-refractivity contribution in [1.82, 2.24) is 9.80 Å². The van der Waals surface area contributed by atoms with Gasteiger partial charge in [-0.3, -0.25) is 14.5 Å². The summed E-state index contributed by atoms with van der Waals surface area (Å²) in [5.41, 5.74) is 1.74. The average Bonchev–Trinajstić information content (AvgIpc) is 2.71. The molecule has 7 heteroatoms. The summed E-state index contributed by atoms with van der Waals surface area (Å²) in [4.78, 5) is 29.0. The number of para-hydroxylation sites is 2. The lowest BCUT2D eigenvalue weighted by Gasteiger charge is -2.35. The van der Waals surface area contributed by atoms with Crippen LogP contribution in [0.4, 0.5) is 5.69 Å². The first-order valence-electron chi connectivity index (χ1n) is 9.40. The van der Waals surface area contributed by atoms with Gasteiger partial charge in [-0.2, -0.15) is 0 Å². The van der Waals surface area contributed by atoms with Crippen LogP contribution in [-0.2, 0) is 16.1 Å². The maximum atomic E-state index is 12.7. The minimum atomic E-state index is -0.788. The number of hydrogen-bond donors (Lipinski definition) is 1. The predicted octanol–water partition coefficient (Wildman–Crippen LogP) is 2.77. The summed E-state index contributed by atoms with van der Waals surface area (Å²) < 4.78 is 5.73. The molecule has 146 valence electrons. The van der Waals surface area contributed by atoms with Crippen LogP contribution in [0.25, 0.3) is 0 Å². The number of piperazine rings is 1. The zero-order chi connectivity index (χ0) is 19.5. The van der Waals surface area contributed by atoms with Gasteiger partial charge in [0.25, 0.3) is 5.91 Å². The van der Waals surface area contributed by atoms with Gasteiger partial charge in [-0.05, 0) is 23.8 Å². The van der Waals surface area contributed by atoms with Gasteiger partial charge >= 0.3 is 0 Å². The highest BCUT2D eigenvalue weighted by Crippen LogP contribution is 2.29. The molecule has 1 N–H and O–H groups in total. The van der Waals surface area contributed by atoms with Crippen molar-refractivity contribution < 1.29 is 14.3 Å². The fourth-order valence-corrected chi connectivity index (χ4v) is 3.73. The van der Waals surface area contributed by atoms with E-state index in [0.29, 0.717) is 24.5 Å². The summed E-state index contributed by atoms with van der Waals surface area (Å²) in [6, 6.07) is 15.1. The molecule has 2 aromatic rings. The molecule has 0 spiro atoms. The summed E-state index contributed by atoms with van der Waals surface area (Å²) in [5.74, 6) is 0.269. The summed E-state index contributed by atoms with van der Waals surface area (Å²) in [6.07, 6.45) is -0.742. The first-order valence-corrected chi connectivity index (χ1v) is 9.78. The van der Waals surface area contributed by atoms with E-state index in [-0.39, 0.29) is 18.2 Å². The Balaban J connectivity index is 1.30. The van der Waals surface area contributed by atoms with E-state index in [4.69, 9.17) is 16.3 Å². The SMILES string of the molecule is O=C1Nc2ccccc2OC1CC(=O)N1CCN(Cc2ccccc2Cl)CC1. The van der Waals surface area contributed by atoms with E-state index in [0.717, 1.165) is 30.2 Å². The number of hydrogen-bond acceptors (Lipinski definition) is 4. The molecule has 1 saturated heterocycles. The highest BCUT2D eigenvalue weighted by Gasteiger charge is 2.32. The van der Waals surface area contributed by atoms with Crippen molar-refractivity contribution >= 4 is 29.1 Å². The van der Waals surface area contributed by atoms with Crippen molar-refractivity contribution in [3.63, 3.8) is 0 Å². The van der Waals surface area contributed by atoms with Gasteiger partial charge in [-0.15, -0.1) is 0 Å². The molecule has 28 heavy (non-hydrogen) atoms. The Hall–Kier alpha value is -2.57. The van der Waals surface area contributed by atoms with Gasteiger partial charge in [0.1, 0.15) is 5.75 Å². The van der Waals surface area contributed by atoms with Crippen molar-refractivity contribution in [1.29, 1.82) is 0 Å². The highest BCUT2D eigenvalue weighted by atomic mass is 35.5. The van der Waals surface area contributed by atoms with Gasteiger partial charge in [0.05, 0.1) is 12.1 Å². The van der Waals surface area contributed by atoms with Crippen molar-refractivity contribution in [2.24, 2.45) is 0 Å². The number of nitrogens with one attached hydrogen (secondary N) is 1. The summed E-state index contributed by atoms with van der Waals surface area (Å²) in [7, 11) is 0. The average molecular weight is 400 g/mol. The summed E-state index contributed by atoms with van der Waals surface area (Å²) >= 11 is 6.24. The van der Waals surface area contributed by atoms with E-state index in [2.05, 4.69) is 10.2 Å². The number of carbonyl (C=O) groups is 2. The number of anilines is 1. The number of carbonyl (C=O) groups excluding carboxylic acids is 2. The third-order valence-corrected chi connectivity index (χ3v) is 5.51. The number of nitrogens with zero attached hydrogens (tertiary/aromatic N) is 2. The third kappa shape index (κ3) is 4.13. The summed E-state index contributed by atoms with van der Waals surface area (Å²) in [6.45, 7) is 3.59. The van der Waals surface area contributed by atoms with Gasteiger partial charge < -0.3 is 15.0 Å². The molecule has 0 aromatic heterocycles. The number of benzene rings is 2. The lowest BCUT2D eigenvalue weighted by molar-refractivity contribution is -0.138. The molecule has 4 rings (SSSR count). The number of amides is 2. The fraction of sp³-hybridized carbons (Fsp3) is 0.333. The molecule has 1 fully saturated rings. The Morgan fingerprint density at radius 1 is 1.07 bits per heavy atom. The van der Waals surface area contributed by atoms with Crippen LogP contribution in [0.3, 0.4) is 0 Å². The minimum absolute atomic E-state index is 0.0463. The molecule has 2 aliphatic rings. The first kappa shape index (κ1) is 18.8. The van der Waals surface area contributed by atoms with E-state index in [1.165, 1.54) is 0 Å². The van der Waals surface area contributed by atoms with E-state index in [1.54, 1.807) is 17.0 Å². The van der Waals surface area contributed by atoms with Gasteiger partial charge in [-0.25, -0.2) is 0 Å². The van der Waals surface area contributed by atoms with Crippen LogP contribution >= 0.6 is 11.6 Å². The van der Waals surface area contributed by atoms with Crippen LogP contribution in [-0.4, -0.2) is 53.9 Å². The molecular formula is C21H22ClN3O3. The van der Waals surface area contributed by atoms with Crippen molar-refractivity contribution in [2.45, 2.75) is 19.1 Å². The van der Waals surface area contributed by atoms with Gasteiger partial charge in [0, 0.05) is 37.7 Å². The van der Waals surface area contributed by atoms with E-state index in [9.17, 15) is 9.59 Å². The molecule has 2 aromatic carbocycles. The Labute approximate surface area is 169 Å². The second-order valence-electron chi connectivity index (χ2n) is 7.04. The molecule has 2 heterocycles. The number of halogens is 1.